The summed E-state index contributed by atoms with van der Waals surface area (Å²) in [6.07, 6.45) is 0. The highest BCUT2D eigenvalue weighted by Crippen LogP contribution is 2.46. The topological polar surface area (TPSA) is 45.1 Å². The number of anilines is 1. The second kappa shape index (κ2) is 8.14. The minimum absolute atomic E-state index is 0.147. The summed E-state index contributed by atoms with van der Waals surface area (Å²) in [5.41, 5.74) is 0.923. The molecule has 2 rings (SSSR count). The van der Waals surface area contributed by atoms with E-state index in [-0.39, 0.29) is 20.5 Å². The third-order valence-corrected chi connectivity index (χ3v) is 7.50. The van der Waals surface area contributed by atoms with Crippen LogP contribution in [0.4, 0.5) is 5.69 Å². The molecule has 1 aliphatic heterocycles. The van der Waals surface area contributed by atoms with Gasteiger partial charge in [-0.25, -0.2) is 4.99 Å². The Bertz CT molecular complexity index is 605. The molecule has 0 bridgehead atoms. The van der Waals surface area contributed by atoms with Crippen molar-refractivity contribution in [1.82, 2.24) is 4.90 Å². The molecule has 1 heterocycles. The Morgan fingerprint density at radius 3 is 2.59 bits per heavy atom. The standard InChI is InChI=1S/C14H18BrN3O2S2/c1-4-20-12(19)10-18(11-8-6-5-7-9-11)13-16-14(17(2)3)22(15)21-13/h5-9H,4,10H2,1-3H3. The van der Waals surface area contributed by atoms with E-state index in [1.165, 1.54) is 0 Å². The van der Waals surface area contributed by atoms with Gasteiger partial charge in [0.1, 0.15) is 6.54 Å². The van der Waals surface area contributed by atoms with E-state index >= 15 is 0 Å². The molecule has 0 aliphatic carbocycles. The first kappa shape index (κ1) is 17.5. The molecule has 0 radical (unpaired) electrons. The molecule has 0 fully saturated rings. The van der Waals surface area contributed by atoms with Crippen LogP contribution in [0.5, 0.6) is 0 Å². The number of esters is 1. The SMILES string of the molecule is CCOC(=O)CN(C1=NC(N(C)C)=S(Br)S1)c1ccccc1. The van der Waals surface area contributed by atoms with E-state index in [1.807, 2.05) is 54.2 Å². The van der Waals surface area contributed by atoms with Crippen molar-refractivity contribution in [3.8, 4) is 0 Å². The van der Waals surface area contributed by atoms with Crippen molar-refractivity contribution in [3.63, 3.8) is 0 Å². The average molecular weight is 404 g/mol. The van der Waals surface area contributed by atoms with Gasteiger partial charge in [0.25, 0.3) is 0 Å². The predicted molar refractivity (Wildman–Crippen MR) is 101 cm³/mol. The molecule has 0 saturated carbocycles. The summed E-state index contributed by atoms with van der Waals surface area (Å²) in [5, 5.41) is 1.74. The number of nitrogens with zero attached hydrogens (tertiary/aromatic N) is 3. The van der Waals surface area contributed by atoms with E-state index in [4.69, 9.17) is 4.74 Å². The van der Waals surface area contributed by atoms with E-state index in [0.717, 1.165) is 16.0 Å². The Labute approximate surface area is 144 Å². The van der Waals surface area contributed by atoms with E-state index in [0.29, 0.717) is 6.61 Å². The number of carbonyl (C=O) groups excluding carboxylic acids is 1. The van der Waals surface area contributed by atoms with Crippen LogP contribution < -0.4 is 4.90 Å². The average Bonchev–Trinajstić information content (AvgIpc) is 2.88. The summed E-state index contributed by atoms with van der Waals surface area (Å²) in [4.78, 5) is 20.5. The highest BCUT2D eigenvalue weighted by Gasteiger charge is 2.26. The second-order valence-electron chi connectivity index (χ2n) is 4.60. The van der Waals surface area contributed by atoms with Gasteiger partial charge in [-0.05, 0) is 66.7 Å². The van der Waals surface area contributed by atoms with Crippen molar-refractivity contribution >= 4 is 55.5 Å². The molecule has 1 atom stereocenters. The minimum atomic E-state index is -0.262. The van der Waals surface area contributed by atoms with Crippen molar-refractivity contribution in [3.05, 3.63) is 30.3 Å². The zero-order chi connectivity index (χ0) is 16.1. The second-order valence-corrected chi connectivity index (χ2v) is 10.7. The molecule has 1 aromatic carbocycles. The lowest BCUT2D eigenvalue weighted by Gasteiger charge is -2.22. The maximum Gasteiger partial charge on any atom is 0.326 e. The van der Waals surface area contributed by atoms with E-state index in [9.17, 15) is 4.79 Å². The van der Waals surface area contributed by atoms with Crippen LogP contribution in [0.2, 0.25) is 0 Å². The van der Waals surface area contributed by atoms with Crippen LogP contribution in [0, 0.1) is 0 Å². The first-order chi connectivity index (χ1) is 10.5. The fourth-order valence-electron chi connectivity index (χ4n) is 1.80. The molecule has 1 aliphatic rings. The Hall–Kier alpha value is -0.830. The van der Waals surface area contributed by atoms with Crippen molar-refractivity contribution < 1.29 is 9.53 Å². The highest BCUT2D eigenvalue weighted by atomic mass is 79.9. The van der Waals surface area contributed by atoms with Gasteiger partial charge in [0.05, 0.1) is 6.61 Å². The van der Waals surface area contributed by atoms with Gasteiger partial charge in [-0.3, -0.25) is 9.69 Å². The van der Waals surface area contributed by atoms with Gasteiger partial charge in [-0.1, -0.05) is 18.2 Å². The number of ether oxygens (including phenoxy) is 1. The number of amidine groups is 1. The summed E-state index contributed by atoms with van der Waals surface area (Å²) in [6.45, 7) is 2.33. The normalized spacial score (nSPS) is 17.6. The first-order valence-corrected chi connectivity index (χ1v) is 11.1. The number of aliphatic imine (C=N–C) groups is 1. The van der Waals surface area contributed by atoms with Crippen LogP contribution >= 0.6 is 33.6 Å². The highest BCUT2D eigenvalue weighted by molar-refractivity contribution is 9.65. The van der Waals surface area contributed by atoms with E-state index < -0.39 is 0 Å². The van der Waals surface area contributed by atoms with Crippen molar-refractivity contribution in [1.29, 1.82) is 0 Å². The molecule has 0 N–H and O–H groups in total. The van der Waals surface area contributed by atoms with Crippen LogP contribution in [0.3, 0.4) is 0 Å². The Morgan fingerprint density at radius 2 is 2.05 bits per heavy atom. The molecular weight excluding hydrogens is 386 g/mol. The van der Waals surface area contributed by atoms with Gasteiger partial charge in [0.2, 0.25) is 0 Å². The number of carbonyl (C=O) groups is 1. The maximum absolute atomic E-state index is 11.9. The van der Waals surface area contributed by atoms with Gasteiger partial charge < -0.3 is 9.64 Å². The molecule has 1 unspecified atom stereocenters. The van der Waals surface area contributed by atoms with Gasteiger partial charge >= 0.3 is 5.97 Å². The van der Waals surface area contributed by atoms with Crippen LogP contribution in [0.1, 0.15) is 6.92 Å². The zero-order valence-electron chi connectivity index (χ0n) is 12.7. The lowest BCUT2D eigenvalue weighted by Crippen LogP contribution is -2.34. The molecule has 0 amide bonds. The van der Waals surface area contributed by atoms with Crippen LogP contribution in [0.25, 0.3) is 0 Å². The molecule has 5 nitrogen and oxygen atoms in total. The molecule has 0 saturated heterocycles. The molecule has 120 valence electrons. The van der Waals surface area contributed by atoms with Gasteiger partial charge in [0, 0.05) is 5.69 Å². The number of para-hydroxylation sites is 1. The fraction of sp³-hybridized carbons (Fsp3) is 0.357. The number of rotatable bonds is 4. The molecule has 8 heteroatoms. The Kier molecular flexibility index (Phi) is 6.49. The first-order valence-electron chi connectivity index (χ1n) is 6.73. The molecule has 22 heavy (non-hydrogen) atoms. The summed E-state index contributed by atoms with van der Waals surface area (Å²) >= 11 is 3.64. The fourth-order valence-corrected chi connectivity index (χ4v) is 6.60. The van der Waals surface area contributed by atoms with Crippen LogP contribution in [-0.2, 0) is 9.53 Å². The molecule has 1 aromatic rings. The van der Waals surface area contributed by atoms with Crippen LogP contribution in [-0.4, -0.2) is 48.4 Å². The number of benzene rings is 1. The summed E-state index contributed by atoms with van der Waals surface area (Å²) in [6, 6.07) is 9.75. The van der Waals surface area contributed by atoms with Crippen molar-refractivity contribution in [2.75, 3.05) is 32.1 Å². The number of hydrogen-bond acceptors (Lipinski definition) is 6. The van der Waals surface area contributed by atoms with E-state index in [2.05, 4.69) is 19.8 Å². The molecule has 0 aromatic heterocycles. The predicted octanol–water partition coefficient (Wildman–Crippen LogP) is 3.30. The third kappa shape index (κ3) is 4.34. The Balaban J connectivity index is 2.27. The number of hydrogen-bond donors (Lipinski definition) is 0. The number of halogens is 1. The quantitative estimate of drug-likeness (QED) is 0.438. The summed E-state index contributed by atoms with van der Waals surface area (Å²) in [7, 11) is 5.31. The van der Waals surface area contributed by atoms with Gasteiger partial charge in [-0.15, -0.1) is 0 Å². The smallest absolute Gasteiger partial charge is 0.326 e. The maximum atomic E-state index is 11.9. The Morgan fingerprint density at radius 1 is 1.36 bits per heavy atom. The third-order valence-electron chi connectivity index (χ3n) is 2.76. The van der Waals surface area contributed by atoms with Crippen LogP contribution in [0.15, 0.2) is 35.3 Å². The van der Waals surface area contributed by atoms with E-state index in [1.54, 1.807) is 17.7 Å². The van der Waals surface area contributed by atoms with Gasteiger partial charge in [-0.2, -0.15) is 0 Å². The summed E-state index contributed by atoms with van der Waals surface area (Å²) in [5.74, 6) is -0.262. The van der Waals surface area contributed by atoms with Crippen molar-refractivity contribution in [2.45, 2.75) is 6.92 Å². The summed E-state index contributed by atoms with van der Waals surface area (Å²) < 4.78 is 5.08. The van der Waals surface area contributed by atoms with Crippen molar-refractivity contribution in [2.24, 2.45) is 4.99 Å². The monoisotopic (exact) mass is 403 g/mol. The molecule has 0 spiro atoms. The minimum Gasteiger partial charge on any atom is -0.465 e. The van der Waals surface area contributed by atoms with Gasteiger partial charge in [0.15, 0.2) is 10.3 Å². The molecular formula is C14H18BrN3O2S2. The lowest BCUT2D eigenvalue weighted by molar-refractivity contribution is -0.141. The zero-order valence-corrected chi connectivity index (χ0v) is 15.9. The largest absolute Gasteiger partial charge is 0.465 e. The lowest BCUT2D eigenvalue weighted by atomic mass is 10.3.